The number of para-hydroxylation sites is 1. The Morgan fingerprint density at radius 1 is 0.971 bits per heavy atom. The van der Waals surface area contributed by atoms with Crippen molar-refractivity contribution in [3.05, 3.63) is 101 Å². The third-order valence-corrected chi connectivity index (χ3v) is 5.84. The zero-order valence-electron chi connectivity index (χ0n) is 19.8. The van der Waals surface area contributed by atoms with E-state index in [1.54, 1.807) is 36.4 Å². The zero-order valence-corrected chi connectivity index (χ0v) is 20.5. The van der Waals surface area contributed by atoms with Crippen molar-refractivity contribution in [3.63, 3.8) is 0 Å². The molecule has 3 aromatic carbocycles. The van der Waals surface area contributed by atoms with E-state index in [1.165, 1.54) is 17.0 Å². The predicted octanol–water partition coefficient (Wildman–Crippen LogP) is 5.93. The fourth-order valence-corrected chi connectivity index (χ4v) is 3.88. The average molecular weight is 497 g/mol. The van der Waals surface area contributed by atoms with Crippen molar-refractivity contribution < 1.29 is 18.7 Å². The lowest BCUT2D eigenvalue weighted by molar-refractivity contribution is -0.143. The van der Waals surface area contributed by atoms with Gasteiger partial charge in [-0.25, -0.2) is 4.39 Å². The molecule has 7 heteroatoms. The van der Waals surface area contributed by atoms with E-state index < -0.39 is 11.9 Å². The summed E-state index contributed by atoms with van der Waals surface area (Å²) in [6.45, 7) is 2.41. The Morgan fingerprint density at radius 2 is 1.66 bits per heavy atom. The molecule has 0 saturated heterocycles. The van der Waals surface area contributed by atoms with E-state index in [-0.39, 0.29) is 24.9 Å². The van der Waals surface area contributed by atoms with Crippen molar-refractivity contribution in [1.82, 2.24) is 10.2 Å². The summed E-state index contributed by atoms with van der Waals surface area (Å²) in [5, 5.41) is 3.36. The molecule has 184 valence electrons. The lowest BCUT2D eigenvalue weighted by atomic mass is 10.0. The zero-order chi connectivity index (χ0) is 25.0. The molecule has 0 spiro atoms. The lowest BCUT2D eigenvalue weighted by Gasteiger charge is -2.31. The number of hydrogen-bond acceptors (Lipinski definition) is 3. The summed E-state index contributed by atoms with van der Waals surface area (Å²) in [5.41, 5.74) is 1.37. The SMILES string of the molecule is CCCCCNC(=O)[C@@H](c1ccccc1)N(Cc1ccc(F)cc1)C(=O)COc1ccccc1Cl. The molecule has 0 aliphatic heterocycles. The van der Waals surface area contributed by atoms with Gasteiger partial charge in [-0.3, -0.25) is 9.59 Å². The number of hydrogen-bond donors (Lipinski definition) is 1. The van der Waals surface area contributed by atoms with E-state index in [4.69, 9.17) is 16.3 Å². The molecule has 0 radical (unpaired) electrons. The third-order valence-electron chi connectivity index (χ3n) is 5.53. The summed E-state index contributed by atoms with van der Waals surface area (Å²) in [7, 11) is 0. The maximum Gasteiger partial charge on any atom is 0.261 e. The number of benzene rings is 3. The number of carbonyl (C=O) groups excluding carboxylic acids is 2. The van der Waals surface area contributed by atoms with Crippen LogP contribution in [0.1, 0.15) is 43.4 Å². The van der Waals surface area contributed by atoms with Crippen LogP contribution in [0.3, 0.4) is 0 Å². The van der Waals surface area contributed by atoms with Gasteiger partial charge >= 0.3 is 0 Å². The first-order valence-electron chi connectivity index (χ1n) is 11.7. The van der Waals surface area contributed by atoms with Crippen molar-refractivity contribution in [2.75, 3.05) is 13.2 Å². The molecule has 0 aliphatic rings. The van der Waals surface area contributed by atoms with Crippen LogP contribution in [0.5, 0.6) is 5.75 Å². The van der Waals surface area contributed by atoms with Gasteiger partial charge in [0.05, 0.1) is 5.02 Å². The third kappa shape index (κ3) is 7.82. The largest absolute Gasteiger partial charge is 0.482 e. The maximum atomic E-state index is 13.5. The van der Waals surface area contributed by atoms with Gasteiger partial charge in [0.25, 0.3) is 5.91 Å². The molecule has 3 rings (SSSR count). The quantitative estimate of drug-likeness (QED) is 0.316. The summed E-state index contributed by atoms with van der Waals surface area (Å²) in [5.74, 6) is -0.668. The van der Waals surface area contributed by atoms with E-state index >= 15 is 0 Å². The Balaban J connectivity index is 1.90. The Labute approximate surface area is 210 Å². The van der Waals surface area contributed by atoms with Crippen LogP contribution in [0.25, 0.3) is 0 Å². The molecule has 0 heterocycles. The first-order valence-corrected chi connectivity index (χ1v) is 12.1. The number of nitrogens with zero attached hydrogens (tertiary/aromatic N) is 1. The van der Waals surface area contributed by atoms with Gasteiger partial charge in [-0.05, 0) is 41.8 Å². The molecule has 1 N–H and O–H groups in total. The number of carbonyl (C=O) groups is 2. The molecule has 0 bridgehead atoms. The molecule has 35 heavy (non-hydrogen) atoms. The Hall–Kier alpha value is -3.38. The second kappa shape index (κ2) is 13.5. The standard InChI is InChI=1S/C28H30ClFN2O3/c1-2-3-9-18-31-28(34)27(22-10-5-4-6-11-22)32(19-21-14-16-23(30)17-15-21)26(33)20-35-25-13-8-7-12-24(25)29/h4-8,10-17,27H,2-3,9,18-20H2,1H3,(H,31,34)/t27-/m1/s1. The van der Waals surface area contributed by atoms with Crippen LogP contribution in [0, 0.1) is 5.82 Å². The highest BCUT2D eigenvalue weighted by Crippen LogP contribution is 2.26. The van der Waals surface area contributed by atoms with Crippen LogP contribution < -0.4 is 10.1 Å². The topological polar surface area (TPSA) is 58.6 Å². The smallest absolute Gasteiger partial charge is 0.261 e. The maximum absolute atomic E-state index is 13.5. The molecule has 1 atom stereocenters. The number of halogens is 2. The number of amides is 2. The molecular weight excluding hydrogens is 467 g/mol. The number of rotatable bonds is 12. The second-order valence-corrected chi connectivity index (χ2v) is 8.59. The summed E-state index contributed by atoms with van der Waals surface area (Å²) in [4.78, 5) is 28.4. The fourth-order valence-electron chi connectivity index (χ4n) is 3.69. The highest BCUT2D eigenvalue weighted by atomic mass is 35.5. The summed E-state index contributed by atoms with van der Waals surface area (Å²) < 4.78 is 19.2. The van der Waals surface area contributed by atoms with Crippen LogP contribution in [0.15, 0.2) is 78.9 Å². The summed E-state index contributed by atoms with van der Waals surface area (Å²) in [6, 6.07) is 21.0. The van der Waals surface area contributed by atoms with Gasteiger partial charge in [0.2, 0.25) is 5.91 Å². The lowest BCUT2D eigenvalue weighted by Crippen LogP contribution is -2.45. The van der Waals surface area contributed by atoms with Crippen LogP contribution in [-0.2, 0) is 16.1 Å². The summed E-state index contributed by atoms with van der Waals surface area (Å²) in [6.07, 6.45) is 2.89. The Morgan fingerprint density at radius 3 is 2.34 bits per heavy atom. The van der Waals surface area contributed by atoms with Crippen LogP contribution in [-0.4, -0.2) is 29.9 Å². The molecular formula is C28H30ClFN2O3. The highest BCUT2D eigenvalue weighted by molar-refractivity contribution is 6.32. The normalized spacial score (nSPS) is 11.5. The first kappa shape index (κ1) is 26.2. The molecule has 0 saturated carbocycles. The van der Waals surface area contributed by atoms with E-state index in [2.05, 4.69) is 12.2 Å². The molecule has 0 aromatic heterocycles. The summed E-state index contributed by atoms with van der Waals surface area (Å²) >= 11 is 6.17. The molecule has 0 unspecified atom stereocenters. The van der Waals surface area contributed by atoms with Crippen molar-refractivity contribution in [2.45, 2.75) is 38.8 Å². The van der Waals surface area contributed by atoms with Gasteiger partial charge in [-0.1, -0.05) is 86.0 Å². The highest BCUT2D eigenvalue weighted by Gasteiger charge is 2.31. The average Bonchev–Trinajstić information content (AvgIpc) is 2.87. The molecule has 3 aromatic rings. The predicted molar refractivity (Wildman–Crippen MR) is 136 cm³/mol. The van der Waals surface area contributed by atoms with Crippen molar-refractivity contribution in [3.8, 4) is 5.75 Å². The second-order valence-electron chi connectivity index (χ2n) is 8.18. The molecule has 0 fully saturated rings. The van der Waals surface area contributed by atoms with Crippen molar-refractivity contribution >= 4 is 23.4 Å². The fraction of sp³-hybridized carbons (Fsp3) is 0.286. The van der Waals surface area contributed by atoms with E-state index in [0.717, 1.165) is 19.3 Å². The Bertz CT molecular complexity index is 1090. The van der Waals surface area contributed by atoms with Gasteiger partial charge in [0, 0.05) is 13.1 Å². The first-order chi connectivity index (χ1) is 17.0. The molecule has 5 nitrogen and oxygen atoms in total. The van der Waals surface area contributed by atoms with Crippen LogP contribution in [0.4, 0.5) is 4.39 Å². The minimum Gasteiger partial charge on any atom is -0.482 e. The van der Waals surface area contributed by atoms with Gasteiger partial charge in [-0.15, -0.1) is 0 Å². The number of nitrogens with one attached hydrogen (secondary N) is 1. The van der Waals surface area contributed by atoms with E-state index in [0.29, 0.717) is 28.4 Å². The van der Waals surface area contributed by atoms with Gasteiger partial charge in [0.1, 0.15) is 17.6 Å². The van der Waals surface area contributed by atoms with Gasteiger partial charge in [-0.2, -0.15) is 0 Å². The number of unbranched alkanes of at least 4 members (excludes halogenated alkanes) is 2. The van der Waals surface area contributed by atoms with E-state index in [1.807, 2.05) is 30.3 Å². The molecule has 0 aliphatic carbocycles. The minimum atomic E-state index is -0.884. The van der Waals surface area contributed by atoms with E-state index in [9.17, 15) is 14.0 Å². The minimum absolute atomic E-state index is 0.104. The van der Waals surface area contributed by atoms with Crippen molar-refractivity contribution in [1.29, 1.82) is 0 Å². The van der Waals surface area contributed by atoms with Crippen LogP contribution in [0.2, 0.25) is 5.02 Å². The Kier molecular flexibility index (Phi) is 10.1. The van der Waals surface area contributed by atoms with Gasteiger partial charge in [0.15, 0.2) is 6.61 Å². The van der Waals surface area contributed by atoms with Crippen LogP contribution >= 0.6 is 11.6 Å². The monoisotopic (exact) mass is 496 g/mol. The number of ether oxygens (including phenoxy) is 1. The van der Waals surface area contributed by atoms with Gasteiger partial charge < -0.3 is 15.0 Å². The van der Waals surface area contributed by atoms with Crippen molar-refractivity contribution in [2.24, 2.45) is 0 Å². The molecule has 2 amide bonds.